The van der Waals surface area contributed by atoms with Crippen molar-refractivity contribution < 1.29 is 10.0 Å². The van der Waals surface area contributed by atoms with Crippen molar-refractivity contribution in [1.29, 1.82) is 0 Å². The first-order chi connectivity index (χ1) is 13.8. The molecule has 2 rings (SSSR count). The van der Waals surface area contributed by atoms with Crippen molar-refractivity contribution >= 4 is 42.8 Å². The van der Waals surface area contributed by atoms with Gasteiger partial charge in [0.05, 0.1) is 0 Å². The molecule has 0 aromatic carbocycles. The maximum Gasteiger partial charge on any atom is 0.451 e. The van der Waals surface area contributed by atoms with Crippen molar-refractivity contribution in [2.45, 2.75) is 12.7 Å². The van der Waals surface area contributed by atoms with Crippen LogP contribution in [0.5, 0.6) is 0 Å². The van der Waals surface area contributed by atoms with Gasteiger partial charge in [0, 0.05) is 26.2 Å². The van der Waals surface area contributed by atoms with Gasteiger partial charge >= 0.3 is 7.12 Å². The first-order valence-corrected chi connectivity index (χ1v) is 8.92. The molecule has 2 aromatic heterocycles. The Morgan fingerprint density at radius 1 is 0.690 bits per heavy atom. The van der Waals surface area contributed by atoms with Gasteiger partial charge in [-0.05, 0) is 19.3 Å². The lowest BCUT2D eigenvalue weighted by Gasteiger charge is -2.22. The highest BCUT2D eigenvalue weighted by molar-refractivity contribution is 6.40. The van der Waals surface area contributed by atoms with Crippen LogP contribution in [0.15, 0.2) is 0 Å². The maximum absolute atomic E-state index is 9.04. The summed E-state index contributed by atoms with van der Waals surface area (Å²) in [5.74, 6) is 0.718. The molecule has 0 saturated carbocycles. The predicted molar refractivity (Wildman–Crippen MR) is 110 cm³/mol. The summed E-state index contributed by atoms with van der Waals surface area (Å²) in [6.07, 6.45) is 0.882. The molecule has 0 atom stereocenters. The van der Waals surface area contributed by atoms with Crippen molar-refractivity contribution in [3.63, 3.8) is 0 Å². The third-order valence-electron chi connectivity index (χ3n) is 3.70. The second kappa shape index (κ2) is 10.9. The quantitative estimate of drug-likeness (QED) is 0.164. The summed E-state index contributed by atoms with van der Waals surface area (Å²) < 4.78 is 0. The van der Waals surface area contributed by atoms with E-state index in [1.165, 1.54) is 0 Å². The van der Waals surface area contributed by atoms with Crippen molar-refractivity contribution in [3.05, 3.63) is 0 Å². The molecule has 0 saturated heterocycles. The van der Waals surface area contributed by atoms with E-state index < -0.39 is 7.12 Å². The number of hydrogen-bond acceptors (Lipinski definition) is 15. The molecule has 0 spiro atoms. The minimum absolute atomic E-state index is 0.0360. The summed E-state index contributed by atoms with van der Waals surface area (Å²) in [7, 11) is -1.33. The molecule has 0 aliphatic rings. The molecule has 0 aliphatic heterocycles. The van der Waals surface area contributed by atoms with Gasteiger partial charge in [-0.25, -0.2) is 0 Å². The summed E-state index contributed by atoms with van der Waals surface area (Å²) in [5, 5.41) is 24.1. The summed E-state index contributed by atoms with van der Waals surface area (Å²) >= 11 is 0. The molecule has 0 amide bonds. The monoisotopic (exact) mass is 407 g/mol. The predicted octanol–water partition coefficient (Wildman–Crippen LogP) is -2.93. The van der Waals surface area contributed by atoms with Gasteiger partial charge in [0.15, 0.2) is 0 Å². The third-order valence-corrected chi connectivity index (χ3v) is 3.70. The van der Waals surface area contributed by atoms with Crippen LogP contribution in [0.2, 0.25) is 6.32 Å². The zero-order valence-corrected chi connectivity index (χ0v) is 15.9. The number of aromatic nitrogens is 6. The second-order valence-corrected chi connectivity index (χ2v) is 6.07. The minimum atomic E-state index is -1.33. The van der Waals surface area contributed by atoms with Gasteiger partial charge in [0.2, 0.25) is 35.7 Å². The number of anilines is 6. The number of rotatable bonds is 12. The van der Waals surface area contributed by atoms with Crippen LogP contribution in [0.1, 0.15) is 6.42 Å². The third kappa shape index (κ3) is 8.54. The van der Waals surface area contributed by atoms with Crippen molar-refractivity contribution in [3.8, 4) is 0 Å². The van der Waals surface area contributed by atoms with Gasteiger partial charge in [-0.15, -0.1) is 0 Å². The molecule has 158 valence electrons. The molecule has 0 aliphatic carbocycles. The van der Waals surface area contributed by atoms with Crippen LogP contribution in [0, 0.1) is 0 Å². The Labute approximate surface area is 167 Å². The summed E-state index contributed by atoms with van der Waals surface area (Å²) in [6.45, 7) is 2.91. The van der Waals surface area contributed by atoms with Crippen molar-refractivity contribution in [1.82, 2.24) is 34.8 Å². The van der Waals surface area contributed by atoms with E-state index in [2.05, 4.69) is 45.4 Å². The number of hydrogen-bond donors (Lipinski definition) is 8. The Kier molecular flexibility index (Phi) is 8.32. The Hall–Kier alpha value is -3.24. The number of nitrogens with one attached hydrogen (secondary N) is 2. The Morgan fingerprint density at radius 2 is 1.10 bits per heavy atom. The van der Waals surface area contributed by atoms with Crippen LogP contribution in [0.25, 0.3) is 0 Å². The minimum Gasteiger partial charge on any atom is -0.427 e. The molecular formula is C13H26BN13O2. The molecule has 2 heterocycles. The van der Waals surface area contributed by atoms with E-state index in [1.54, 1.807) is 0 Å². The molecule has 16 heteroatoms. The molecule has 15 nitrogen and oxygen atoms in total. The molecule has 2 aromatic rings. The van der Waals surface area contributed by atoms with E-state index in [1.807, 2.05) is 0 Å². The van der Waals surface area contributed by atoms with Gasteiger partial charge in [-0.3, -0.25) is 4.90 Å². The average Bonchev–Trinajstić information content (AvgIpc) is 2.59. The maximum atomic E-state index is 9.04. The van der Waals surface area contributed by atoms with E-state index in [4.69, 9.17) is 33.0 Å². The molecule has 0 bridgehead atoms. The smallest absolute Gasteiger partial charge is 0.427 e. The standard InChI is InChI=1S/C13H26BN13O2/c15-8-21-9(16)24-12(23-8)19-3-6-27(5-1-2-14(28)29)7-4-20-13-25-10(17)22-11(18)26-13/h28-29H,1-7H2,(H5,15,16,19,21,23,24)(H5,17,18,20,22,25,26). The summed E-state index contributed by atoms with van der Waals surface area (Å²) in [5.41, 5.74) is 22.2. The van der Waals surface area contributed by atoms with Crippen LogP contribution in [0.4, 0.5) is 35.7 Å². The lowest BCUT2D eigenvalue weighted by atomic mass is 9.84. The molecular weight excluding hydrogens is 381 g/mol. The van der Waals surface area contributed by atoms with Gasteiger partial charge in [0.25, 0.3) is 0 Å². The molecule has 0 radical (unpaired) electrons. The zero-order chi connectivity index (χ0) is 21.2. The first-order valence-electron chi connectivity index (χ1n) is 8.92. The summed E-state index contributed by atoms with van der Waals surface area (Å²) in [4.78, 5) is 25.3. The highest BCUT2D eigenvalue weighted by Crippen LogP contribution is 2.05. The van der Waals surface area contributed by atoms with Crippen LogP contribution < -0.4 is 33.6 Å². The van der Waals surface area contributed by atoms with Gasteiger partial charge in [-0.2, -0.15) is 29.9 Å². The van der Waals surface area contributed by atoms with Crippen LogP contribution in [0.3, 0.4) is 0 Å². The van der Waals surface area contributed by atoms with Crippen LogP contribution in [-0.4, -0.2) is 84.7 Å². The fourth-order valence-corrected chi connectivity index (χ4v) is 2.46. The fraction of sp³-hybridized carbons (Fsp3) is 0.538. The van der Waals surface area contributed by atoms with E-state index in [0.29, 0.717) is 39.1 Å². The van der Waals surface area contributed by atoms with Crippen molar-refractivity contribution in [2.75, 3.05) is 66.3 Å². The summed E-state index contributed by atoms with van der Waals surface area (Å²) in [6, 6.07) is 0. The average molecular weight is 407 g/mol. The molecule has 12 N–H and O–H groups in total. The van der Waals surface area contributed by atoms with Crippen LogP contribution >= 0.6 is 0 Å². The van der Waals surface area contributed by atoms with Crippen molar-refractivity contribution in [2.24, 2.45) is 0 Å². The van der Waals surface area contributed by atoms with Gasteiger partial charge < -0.3 is 43.6 Å². The van der Waals surface area contributed by atoms with Gasteiger partial charge in [0.1, 0.15) is 0 Å². The van der Waals surface area contributed by atoms with Gasteiger partial charge in [-0.1, -0.05) is 0 Å². The Balaban J connectivity index is 1.84. The SMILES string of the molecule is Nc1nc(N)nc(NCCN(CCCB(O)O)CCNc2nc(N)nc(N)n2)n1. The number of nitrogens with two attached hydrogens (primary N) is 4. The lowest BCUT2D eigenvalue weighted by molar-refractivity contribution is 0.290. The Morgan fingerprint density at radius 3 is 1.48 bits per heavy atom. The zero-order valence-electron chi connectivity index (χ0n) is 15.9. The molecule has 29 heavy (non-hydrogen) atoms. The number of nitrogens with zero attached hydrogens (tertiary/aromatic N) is 7. The second-order valence-electron chi connectivity index (χ2n) is 6.07. The largest absolute Gasteiger partial charge is 0.451 e. The first kappa shape index (κ1) is 22.1. The fourth-order valence-electron chi connectivity index (χ4n) is 2.46. The highest BCUT2D eigenvalue weighted by Gasteiger charge is 2.11. The normalized spacial score (nSPS) is 10.9. The van der Waals surface area contributed by atoms with Crippen LogP contribution in [-0.2, 0) is 0 Å². The molecule has 0 unspecified atom stereocenters. The van der Waals surface area contributed by atoms with E-state index in [9.17, 15) is 0 Å². The Bertz CT molecular complexity index is 682. The van der Waals surface area contributed by atoms with E-state index in [0.717, 1.165) is 0 Å². The molecule has 0 fully saturated rings. The van der Waals surface area contributed by atoms with E-state index in [-0.39, 0.29) is 42.0 Å². The lowest BCUT2D eigenvalue weighted by Crippen LogP contribution is -2.35. The van der Waals surface area contributed by atoms with E-state index >= 15 is 0 Å². The highest BCUT2D eigenvalue weighted by atomic mass is 16.4. The number of nitrogen functional groups attached to an aromatic ring is 4. The topological polar surface area (TPSA) is 249 Å².